The SMILES string of the molecule is C=CCO[C@@H]1C[C@@H]2O[C@H](c3ccc(OC)cc3)OC[C@H]2O[C@H]1CC=C. The maximum absolute atomic E-state index is 6.17. The highest BCUT2D eigenvalue weighted by atomic mass is 16.7. The van der Waals surface area contributed by atoms with E-state index in [0.717, 1.165) is 24.2 Å². The second-order valence-corrected chi connectivity index (χ2v) is 6.25. The Kier molecular flexibility index (Phi) is 6.26. The molecule has 0 amide bonds. The lowest BCUT2D eigenvalue weighted by Gasteiger charge is -2.45. The van der Waals surface area contributed by atoms with Gasteiger partial charge < -0.3 is 23.7 Å². The lowest BCUT2D eigenvalue weighted by Crippen LogP contribution is -2.53. The van der Waals surface area contributed by atoms with Crippen LogP contribution in [0.5, 0.6) is 5.75 Å². The van der Waals surface area contributed by atoms with E-state index in [4.69, 9.17) is 23.7 Å². The van der Waals surface area contributed by atoms with Crippen LogP contribution in [0.2, 0.25) is 0 Å². The highest BCUT2D eigenvalue weighted by molar-refractivity contribution is 5.28. The van der Waals surface area contributed by atoms with Crippen LogP contribution in [0.25, 0.3) is 0 Å². The summed E-state index contributed by atoms with van der Waals surface area (Å²) in [6, 6.07) is 7.72. The molecule has 2 fully saturated rings. The van der Waals surface area contributed by atoms with Crippen molar-refractivity contribution in [2.24, 2.45) is 0 Å². The zero-order valence-electron chi connectivity index (χ0n) is 14.6. The predicted octanol–water partition coefficient (Wildman–Crippen LogP) is 3.41. The quantitative estimate of drug-likeness (QED) is 0.708. The zero-order chi connectivity index (χ0) is 17.6. The standard InChI is InChI=1S/C20H26O5/c1-4-6-16-17(22-11-5-2)12-18-19(24-16)13-23-20(25-18)14-7-9-15(21-3)10-8-14/h4-5,7-10,16-20H,1-2,6,11-13H2,3H3/t16-,17+,18-,19+,20+/m0/s1. The number of ether oxygens (including phenoxy) is 5. The molecule has 2 saturated heterocycles. The molecule has 25 heavy (non-hydrogen) atoms. The number of rotatable bonds is 7. The summed E-state index contributed by atoms with van der Waals surface area (Å²) in [5.74, 6) is 0.809. The molecule has 5 atom stereocenters. The minimum absolute atomic E-state index is 0.0246. The Morgan fingerprint density at radius 3 is 2.60 bits per heavy atom. The first-order valence-corrected chi connectivity index (χ1v) is 8.65. The predicted molar refractivity (Wildman–Crippen MR) is 94.6 cm³/mol. The highest BCUT2D eigenvalue weighted by Crippen LogP contribution is 2.35. The highest BCUT2D eigenvalue weighted by Gasteiger charge is 2.43. The number of hydrogen-bond acceptors (Lipinski definition) is 5. The van der Waals surface area contributed by atoms with Crippen LogP contribution < -0.4 is 4.74 Å². The first kappa shape index (κ1) is 18.1. The Morgan fingerprint density at radius 2 is 1.92 bits per heavy atom. The lowest BCUT2D eigenvalue weighted by atomic mass is 9.95. The fraction of sp³-hybridized carbons (Fsp3) is 0.500. The molecule has 0 radical (unpaired) electrons. The van der Waals surface area contributed by atoms with Crippen molar-refractivity contribution in [2.45, 2.75) is 43.5 Å². The first-order valence-electron chi connectivity index (χ1n) is 8.65. The van der Waals surface area contributed by atoms with Crippen molar-refractivity contribution in [1.29, 1.82) is 0 Å². The zero-order valence-corrected chi connectivity index (χ0v) is 14.6. The molecule has 0 spiro atoms. The molecule has 0 aliphatic carbocycles. The molecular formula is C20H26O5. The number of hydrogen-bond donors (Lipinski definition) is 0. The maximum atomic E-state index is 6.17. The van der Waals surface area contributed by atoms with Gasteiger partial charge in [0.1, 0.15) is 11.9 Å². The van der Waals surface area contributed by atoms with Crippen molar-refractivity contribution in [3.63, 3.8) is 0 Å². The number of benzene rings is 1. The van der Waals surface area contributed by atoms with Crippen LogP contribution >= 0.6 is 0 Å². The summed E-state index contributed by atoms with van der Waals surface area (Å²) in [5.41, 5.74) is 0.969. The van der Waals surface area contributed by atoms with Gasteiger partial charge in [-0.3, -0.25) is 0 Å². The molecule has 136 valence electrons. The van der Waals surface area contributed by atoms with Crippen molar-refractivity contribution in [3.8, 4) is 5.75 Å². The number of fused-ring (bicyclic) bond motifs is 1. The maximum Gasteiger partial charge on any atom is 0.184 e. The Labute approximate surface area is 149 Å². The molecule has 2 aliphatic heterocycles. The summed E-state index contributed by atoms with van der Waals surface area (Å²) >= 11 is 0. The molecular weight excluding hydrogens is 320 g/mol. The van der Waals surface area contributed by atoms with Gasteiger partial charge in [-0.25, -0.2) is 0 Å². The molecule has 0 aromatic heterocycles. The van der Waals surface area contributed by atoms with Crippen molar-refractivity contribution in [2.75, 3.05) is 20.3 Å². The molecule has 2 heterocycles. The van der Waals surface area contributed by atoms with Gasteiger partial charge in [0, 0.05) is 12.0 Å². The fourth-order valence-electron chi connectivity index (χ4n) is 3.28. The Hall–Kier alpha value is -1.66. The van der Waals surface area contributed by atoms with Crippen LogP contribution in [0.1, 0.15) is 24.7 Å². The van der Waals surface area contributed by atoms with Crippen LogP contribution in [-0.4, -0.2) is 44.7 Å². The van der Waals surface area contributed by atoms with E-state index in [2.05, 4.69) is 13.2 Å². The third-order valence-corrected chi connectivity index (χ3v) is 4.57. The molecule has 5 nitrogen and oxygen atoms in total. The summed E-state index contributed by atoms with van der Waals surface area (Å²) < 4.78 is 29.3. The van der Waals surface area contributed by atoms with Crippen molar-refractivity contribution in [1.82, 2.24) is 0 Å². The van der Waals surface area contributed by atoms with E-state index >= 15 is 0 Å². The van der Waals surface area contributed by atoms with Crippen LogP contribution in [0.15, 0.2) is 49.6 Å². The van der Waals surface area contributed by atoms with Gasteiger partial charge >= 0.3 is 0 Å². The van der Waals surface area contributed by atoms with Gasteiger partial charge in [0.25, 0.3) is 0 Å². The van der Waals surface area contributed by atoms with Gasteiger partial charge in [0.2, 0.25) is 0 Å². The van der Waals surface area contributed by atoms with E-state index < -0.39 is 6.29 Å². The molecule has 3 rings (SSSR count). The van der Waals surface area contributed by atoms with Gasteiger partial charge in [0.05, 0.1) is 38.6 Å². The van der Waals surface area contributed by atoms with Crippen LogP contribution in [0.4, 0.5) is 0 Å². The van der Waals surface area contributed by atoms with Gasteiger partial charge in [-0.15, -0.1) is 13.2 Å². The van der Waals surface area contributed by atoms with Gasteiger partial charge in [0.15, 0.2) is 6.29 Å². The van der Waals surface area contributed by atoms with E-state index in [1.54, 1.807) is 13.2 Å². The average molecular weight is 346 g/mol. The van der Waals surface area contributed by atoms with E-state index in [0.29, 0.717) is 13.2 Å². The van der Waals surface area contributed by atoms with Crippen molar-refractivity contribution >= 4 is 0 Å². The summed E-state index contributed by atoms with van der Waals surface area (Å²) in [4.78, 5) is 0. The Morgan fingerprint density at radius 1 is 1.12 bits per heavy atom. The van der Waals surface area contributed by atoms with Crippen LogP contribution in [0.3, 0.4) is 0 Å². The second-order valence-electron chi connectivity index (χ2n) is 6.25. The molecule has 0 unspecified atom stereocenters. The van der Waals surface area contributed by atoms with Gasteiger partial charge in [-0.05, 0) is 18.6 Å². The largest absolute Gasteiger partial charge is 0.497 e. The van der Waals surface area contributed by atoms with E-state index in [9.17, 15) is 0 Å². The third-order valence-electron chi connectivity index (χ3n) is 4.57. The minimum Gasteiger partial charge on any atom is -0.497 e. The van der Waals surface area contributed by atoms with Crippen LogP contribution in [0, 0.1) is 0 Å². The monoisotopic (exact) mass is 346 g/mol. The third kappa shape index (κ3) is 4.30. The smallest absolute Gasteiger partial charge is 0.184 e. The molecule has 0 bridgehead atoms. The average Bonchev–Trinajstić information content (AvgIpc) is 2.66. The Balaban J connectivity index is 1.66. The van der Waals surface area contributed by atoms with E-state index in [-0.39, 0.29) is 24.4 Å². The van der Waals surface area contributed by atoms with Crippen molar-refractivity contribution < 1.29 is 23.7 Å². The molecule has 1 aromatic carbocycles. The molecule has 2 aliphatic rings. The van der Waals surface area contributed by atoms with E-state index in [1.165, 1.54) is 0 Å². The van der Waals surface area contributed by atoms with Gasteiger partial charge in [-0.2, -0.15) is 0 Å². The lowest BCUT2D eigenvalue weighted by molar-refractivity contribution is -0.304. The number of methoxy groups -OCH3 is 1. The summed E-state index contributed by atoms with van der Waals surface area (Å²) in [6.07, 6.45) is 4.53. The molecule has 5 heteroatoms. The molecule has 0 saturated carbocycles. The van der Waals surface area contributed by atoms with Crippen molar-refractivity contribution in [3.05, 3.63) is 55.1 Å². The topological polar surface area (TPSA) is 46.2 Å². The first-order chi connectivity index (χ1) is 12.2. The molecule has 0 N–H and O–H groups in total. The Bertz CT molecular complexity index is 570. The van der Waals surface area contributed by atoms with Crippen LogP contribution in [-0.2, 0) is 18.9 Å². The van der Waals surface area contributed by atoms with Gasteiger partial charge in [-0.1, -0.05) is 24.3 Å². The molecule has 1 aromatic rings. The fourth-order valence-corrected chi connectivity index (χ4v) is 3.28. The minimum atomic E-state index is -0.397. The second kappa shape index (κ2) is 8.63. The summed E-state index contributed by atoms with van der Waals surface area (Å²) in [7, 11) is 1.65. The summed E-state index contributed by atoms with van der Waals surface area (Å²) in [5, 5.41) is 0. The normalized spacial score (nSPS) is 31.8. The van der Waals surface area contributed by atoms with E-state index in [1.807, 2.05) is 30.3 Å². The summed E-state index contributed by atoms with van der Waals surface area (Å²) in [6.45, 7) is 8.53.